The van der Waals surface area contributed by atoms with E-state index in [4.69, 9.17) is 11.6 Å². The maximum absolute atomic E-state index is 5.81. The van der Waals surface area contributed by atoms with E-state index in [2.05, 4.69) is 32.4 Å². The average molecular weight is 254 g/mol. The van der Waals surface area contributed by atoms with Crippen molar-refractivity contribution in [2.24, 2.45) is 0 Å². The molecule has 0 aliphatic rings. The van der Waals surface area contributed by atoms with Crippen LogP contribution in [0.5, 0.6) is 0 Å². The zero-order valence-electron chi connectivity index (χ0n) is 8.93. The number of nitrogens with zero attached hydrogens (tertiary/aromatic N) is 3. The molecule has 0 N–H and O–H groups in total. The predicted octanol–water partition coefficient (Wildman–Crippen LogP) is 2.87. The summed E-state index contributed by atoms with van der Waals surface area (Å²) < 4.78 is 0. The molecular weight excluding hydrogens is 242 g/mol. The van der Waals surface area contributed by atoms with Crippen LogP contribution in [0, 0.1) is 0 Å². The molecule has 2 aromatic rings. The molecule has 2 rings (SSSR count). The van der Waals surface area contributed by atoms with Gasteiger partial charge in [0.1, 0.15) is 17.3 Å². The molecule has 2 heterocycles. The quantitative estimate of drug-likeness (QED) is 0.785. The molecule has 0 unspecified atom stereocenters. The Morgan fingerprint density at radius 3 is 3.00 bits per heavy atom. The van der Waals surface area contributed by atoms with Crippen LogP contribution in [0.25, 0.3) is 0 Å². The van der Waals surface area contributed by atoms with Crippen LogP contribution in [-0.4, -0.2) is 23.6 Å². The van der Waals surface area contributed by atoms with Gasteiger partial charge >= 0.3 is 0 Å². The number of hydrogen-bond donors (Lipinski definition) is 0. The highest BCUT2D eigenvalue weighted by molar-refractivity contribution is 7.09. The Morgan fingerprint density at radius 2 is 2.31 bits per heavy atom. The summed E-state index contributed by atoms with van der Waals surface area (Å²) in [5.74, 6) is 0.858. The zero-order chi connectivity index (χ0) is 11.4. The second-order valence-corrected chi connectivity index (χ2v) is 4.87. The van der Waals surface area contributed by atoms with Crippen molar-refractivity contribution in [2.45, 2.75) is 6.42 Å². The van der Waals surface area contributed by atoms with Crippen LogP contribution < -0.4 is 4.90 Å². The van der Waals surface area contributed by atoms with Gasteiger partial charge in [-0.25, -0.2) is 9.97 Å². The molecule has 16 heavy (non-hydrogen) atoms. The highest BCUT2D eigenvalue weighted by atomic mass is 35.5. The lowest BCUT2D eigenvalue weighted by Crippen LogP contribution is -2.21. The first-order chi connectivity index (χ1) is 7.75. The fourth-order valence-electron chi connectivity index (χ4n) is 1.38. The summed E-state index contributed by atoms with van der Waals surface area (Å²) >= 11 is 7.59. The molecular formula is C11H12ClN3S. The van der Waals surface area contributed by atoms with E-state index < -0.39 is 0 Å². The van der Waals surface area contributed by atoms with E-state index in [0.717, 1.165) is 18.8 Å². The Hall–Kier alpha value is -1.13. The van der Waals surface area contributed by atoms with Crippen molar-refractivity contribution in [1.29, 1.82) is 0 Å². The maximum atomic E-state index is 5.81. The van der Waals surface area contributed by atoms with Gasteiger partial charge in [-0.3, -0.25) is 0 Å². The number of halogens is 1. The molecule has 2 aromatic heterocycles. The number of hydrogen-bond acceptors (Lipinski definition) is 4. The number of thiophene rings is 1. The van der Waals surface area contributed by atoms with Crippen LogP contribution in [0.3, 0.4) is 0 Å². The van der Waals surface area contributed by atoms with Gasteiger partial charge in [-0.2, -0.15) is 0 Å². The lowest BCUT2D eigenvalue weighted by atomic mass is 10.3. The molecule has 3 nitrogen and oxygen atoms in total. The first kappa shape index (κ1) is 11.4. The van der Waals surface area contributed by atoms with E-state index in [-0.39, 0.29) is 0 Å². The Morgan fingerprint density at radius 1 is 1.44 bits per heavy atom. The van der Waals surface area contributed by atoms with E-state index in [1.165, 1.54) is 11.2 Å². The highest BCUT2D eigenvalue weighted by Gasteiger charge is 2.04. The van der Waals surface area contributed by atoms with Crippen molar-refractivity contribution >= 4 is 28.8 Å². The molecule has 0 aliphatic heterocycles. The summed E-state index contributed by atoms with van der Waals surface area (Å²) in [5, 5.41) is 2.57. The molecule has 0 amide bonds. The third-order valence-electron chi connectivity index (χ3n) is 2.28. The van der Waals surface area contributed by atoms with Gasteiger partial charge in [0.25, 0.3) is 0 Å². The van der Waals surface area contributed by atoms with E-state index in [9.17, 15) is 0 Å². The molecule has 5 heteroatoms. The summed E-state index contributed by atoms with van der Waals surface area (Å²) in [6, 6.07) is 5.99. The van der Waals surface area contributed by atoms with Gasteiger partial charge in [0.2, 0.25) is 0 Å². The summed E-state index contributed by atoms with van der Waals surface area (Å²) in [6.07, 6.45) is 2.51. The van der Waals surface area contributed by atoms with Gasteiger partial charge < -0.3 is 4.90 Å². The fraction of sp³-hybridized carbons (Fsp3) is 0.273. The Labute approximate surface area is 104 Å². The Kier molecular flexibility index (Phi) is 3.74. The minimum atomic E-state index is 0.480. The van der Waals surface area contributed by atoms with Crippen molar-refractivity contribution in [1.82, 2.24) is 9.97 Å². The van der Waals surface area contributed by atoms with E-state index in [1.807, 2.05) is 7.05 Å². The standard InChI is InChI=1S/C11H12ClN3S/c1-15(5-4-9-3-2-6-16-9)11-7-10(12)13-8-14-11/h2-3,6-8H,4-5H2,1H3. The molecule has 0 saturated carbocycles. The summed E-state index contributed by atoms with van der Waals surface area (Å²) in [4.78, 5) is 11.5. The minimum absolute atomic E-state index is 0.480. The molecule has 0 bridgehead atoms. The van der Waals surface area contributed by atoms with E-state index >= 15 is 0 Å². The van der Waals surface area contributed by atoms with Crippen LogP contribution in [0.15, 0.2) is 29.9 Å². The number of likely N-dealkylation sites (N-methyl/N-ethyl adjacent to an activating group) is 1. The average Bonchev–Trinajstić information content (AvgIpc) is 2.78. The van der Waals surface area contributed by atoms with Gasteiger partial charge in [-0.1, -0.05) is 17.7 Å². The van der Waals surface area contributed by atoms with Crippen LogP contribution in [0.2, 0.25) is 5.15 Å². The van der Waals surface area contributed by atoms with Gasteiger partial charge in [-0.05, 0) is 17.9 Å². The third-order valence-corrected chi connectivity index (χ3v) is 3.43. The smallest absolute Gasteiger partial charge is 0.134 e. The number of anilines is 1. The fourth-order valence-corrected chi connectivity index (χ4v) is 2.22. The monoisotopic (exact) mass is 253 g/mol. The zero-order valence-corrected chi connectivity index (χ0v) is 10.5. The molecule has 0 spiro atoms. The first-order valence-corrected chi connectivity index (χ1v) is 6.22. The maximum Gasteiger partial charge on any atom is 0.134 e. The number of aromatic nitrogens is 2. The van der Waals surface area contributed by atoms with Crippen molar-refractivity contribution < 1.29 is 0 Å². The van der Waals surface area contributed by atoms with Crippen LogP contribution in [-0.2, 0) is 6.42 Å². The SMILES string of the molecule is CN(CCc1cccs1)c1cc(Cl)ncn1. The predicted molar refractivity (Wildman–Crippen MR) is 68.3 cm³/mol. The molecule has 0 atom stereocenters. The van der Waals surface area contributed by atoms with Crippen molar-refractivity contribution in [3.63, 3.8) is 0 Å². The van der Waals surface area contributed by atoms with Crippen LogP contribution in [0.1, 0.15) is 4.88 Å². The summed E-state index contributed by atoms with van der Waals surface area (Å²) in [7, 11) is 2.01. The van der Waals surface area contributed by atoms with Gasteiger partial charge in [0, 0.05) is 24.5 Å². The molecule has 84 valence electrons. The molecule has 0 saturated heterocycles. The lowest BCUT2D eigenvalue weighted by molar-refractivity contribution is 0.864. The van der Waals surface area contributed by atoms with Gasteiger partial charge in [0.05, 0.1) is 0 Å². The molecule has 0 fully saturated rings. The minimum Gasteiger partial charge on any atom is -0.359 e. The highest BCUT2D eigenvalue weighted by Crippen LogP contribution is 2.14. The largest absolute Gasteiger partial charge is 0.359 e. The lowest BCUT2D eigenvalue weighted by Gasteiger charge is -2.17. The third kappa shape index (κ3) is 2.93. The van der Waals surface area contributed by atoms with E-state index in [0.29, 0.717) is 5.15 Å². The molecule has 0 aromatic carbocycles. The van der Waals surface area contributed by atoms with Gasteiger partial charge in [-0.15, -0.1) is 11.3 Å². The molecule has 0 aliphatic carbocycles. The van der Waals surface area contributed by atoms with Crippen LogP contribution in [0.4, 0.5) is 5.82 Å². The molecule has 0 radical (unpaired) electrons. The van der Waals surface area contributed by atoms with Crippen molar-refractivity contribution in [2.75, 3.05) is 18.5 Å². The second kappa shape index (κ2) is 5.27. The Bertz CT molecular complexity index is 444. The van der Waals surface area contributed by atoms with Crippen molar-refractivity contribution in [3.8, 4) is 0 Å². The Balaban J connectivity index is 1.95. The summed E-state index contributed by atoms with van der Waals surface area (Å²) in [6.45, 7) is 0.924. The van der Waals surface area contributed by atoms with Crippen molar-refractivity contribution in [3.05, 3.63) is 39.9 Å². The van der Waals surface area contributed by atoms with E-state index in [1.54, 1.807) is 17.4 Å². The normalized spacial score (nSPS) is 10.4. The second-order valence-electron chi connectivity index (χ2n) is 3.45. The number of rotatable bonds is 4. The van der Waals surface area contributed by atoms with Gasteiger partial charge in [0.15, 0.2) is 0 Å². The first-order valence-electron chi connectivity index (χ1n) is 4.97. The summed E-state index contributed by atoms with van der Waals surface area (Å²) in [5.41, 5.74) is 0. The topological polar surface area (TPSA) is 29.0 Å². The van der Waals surface area contributed by atoms with Crippen LogP contribution >= 0.6 is 22.9 Å².